The van der Waals surface area contributed by atoms with Crippen molar-refractivity contribution >= 4 is 23.7 Å². The minimum Gasteiger partial charge on any atom is -0.328 e. The molecule has 1 aromatic rings. The first-order valence-corrected chi connectivity index (χ1v) is 6.51. The lowest BCUT2D eigenvalue weighted by Gasteiger charge is -2.29. The number of nitrogens with zero attached hydrogens (tertiary/aromatic N) is 2. The molecule has 92 valence electrons. The molecule has 5 heteroatoms. The van der Waals surface area contributed by atoms with Gasteiger partial charge in [-0.2, -0.15) is 0 Å². The van der Waals surface area contributed by atoms with Crippen molar-refractivity contribution in [3.63, 3.8) is 0 Å². The predicted molar refractivity (Wildman–Crippen MR) is 71.2 cm³/mol. The second-order valence-electron chi connectivity index (χ2n) is 4.19. The lowest BCUT2D eigenvalue weighted by atomic mass is 10.1. The van der Waals surface area contributed by atoms with Gasteiger partial charge in [0.25, 0.3) is 0 Å². The summed E-state index contributed by atoms with van der Waals surface area (Å²) in [6.07, 6.45) is 5.37. The standard InChI is InChI=1S/C11H19N3S.ClH/c1-2-10-7-13-11(15-10)8-14-5-3-9(12)4-6-14;/h7,9H,2-6,8,12H2,1H3;1H. The number of halogens is 1. The Balaban J connectivity index is 0.00000128. The molecule has 0 radical (unpaired) electrons. The van der Waals surface area contributed by atoms with Crippen LogP contribution in [-0.2, 0) is 13.0 Å². The summed E-state index contributed by atoms with van der Waals surface area (Å²) in [7, 11) is 0. The summed E-state index contributed by atoms with van der Waals surface area (Å²) >= 11 is 1.84. The first-order chi connectivity index (χ1) is 7.28. The SMILES string of the molecule is CCc1cnc(CN2CCC(N)CC2)s1.Cl. The van der Waals surface area contributed by atoms with Crippen molar-refractivity contribution in [2.24, 2.45) is 5.73 Å². The van der Waals surface area contributed by atoms with E-state index in [0.717, 1.165) is 38.9 Å². The van der Waals surface area contributed by atoms with E-state index in [1.807, 2.05) is 17.5 Å². The maximum absolute atomic E-state index is 5.88. The highest BCUT2D eigenvalue weighted by molar-refractivity contribution is 7.11. The maximum Gasteiger partial charge on any atom is 0.107 e. The van der Waals surface area contributed by atoms with Gasteiger partial charge in [0.1, 0.15) is 5.01 Å². The molecule has 0 bridgehead atoms. The molecule has 0 atom stereocenters. The molecular formula is C11H20ClN3S. The van der Waals surface area contributed by atoms with Gasteiger partial charge in [0, 0.05) is 30.2 Å². The molecule has 2 heterocycles. The molecule has 1 aliphatic heterocycles. The van der Waals surface area contributed by atoms with Crippen LogP contribution in [0.3, 0.4) is 0 Å². The van der Waals surface area contributed by atoms with Crippen molar-refractivity contribution in [2.75, 3.05) is 13.1 Å². The zero-order valence-electron chi connectivity index (χ0n) is 9.69. The normalized spacial score (nSPS) is 18.4. The fourth-order valence-corrected chi connectivity index (χ4v) is 2.79. The third-order valence-electron chi connectivity index (χ3n) is 2.94. The highest BCUT2D eigenvalue weighted by Gasteiger charge is 2.16. The second-order valence-corrected chi connectivity index (χ2v) is 5.39. The Morgan fingerprint density at radius 3 is 2.75 bits per heavy atom. The Hall–Kier alpha value is -0.160. The maximum atomic E-state index is 5.88. The van der Waals surface area contributed by atoms with Crippen molar-refractivity contribution in [1.82, 2.24) is 9.88 Å². The Labute approximate surface area is 107 Å². The Kier molecular flexibility index (Phi) is 5.69. The first-order valence-electron chi connectivity index (χ1n) is 5.69. The topological polar surface area (TPSA) is 42.2 Å². The van der Waals surface area contributed by atoms with Crippen LogP contribution in [0.2, 0.25) is 0 Å². The van der Waals surface area contributed by atoms with Crippen LogP contribution in [0.25, 0.3) is 0 Å². The van der Waals surface area contributed by atoms with E-state index in [-0.39, 0.29) is 12.4 Å². The highest BCUT2D eigenvalue weighted by Crippen LogP contribution is 2.17. The predicted octanol–water partition coefficient (Wildman–Crippen LogP) is 2.05. The molecule has 1 fully saturated rings. The van der Waals surface area contributed by atoms with Crippen LogP contribution in [0.4, 0.5) is 0 Å². The molecule has 1 saturated heterocycles. The van der Waals surface area contributed by atoms with Gasteiger partial charge >= 0.3 is 0 Å². The molecule has 1 aliphatic rings. The number of aryl methyl sites for hydroxylation is 1. The van der Waals surface area contributed by atoms with E-state index < -0.39 is 0 Å². The summed E-state index contributed by atoms with van der Waals surface area (Å²) in [4.78, 5) is 8.29. The van der Waals surface area contributed by atoms with Crippen molar-refractivity contribution < 1.29 is 0 Å². The van der Waals surface area contributed by atoms with Gasteiger partial charge in [0.05, 0.1) is 6.54 Å². The third-order valence-corrected chi connectivity index (χ3v) is 4.07. The molecule has 2 rings (SSSR count). The van der Waals surface area contributed by atoms with Gasteiger partial charge in [-0.3, -0.25) is 4.90 Å². The van der Waals surface area contributed by atoms with Crippen LogP contribution in [0.1, 0.15) is 29.7 Å². The average Bonchev–Trinajstić information content (AvgIpc) is 2.69. The number of rotatable bonds is 3. The van der Waals surface area contributed by atoms with Crippen LogP contribution in [0.5, 0.6) is 0 Å². The molecule has 0 spiro atoms. The molecule has 0 aromatic carbocycles. The summed E-state index contributed by atoms with van der Waals surface area (Å²) in [5.41, 5.74) is 5.88. The Bertz CT molecular complexity index is 308. The van der Waals surface area contributed by atoms with E-state index in [2.05, 4.69) is 16.8 Å². The summed E-state index contributed by atoms with van der Waals surface area (Å²) in [5, 5.41) is 1.25. The molecule has 3 nitrogen and oxygen atoms in total. The molecule has 16 heavy (non-hydrogen) atoms. The zero-order valence-corrected chi connectivity index (χ0v) is 11.3. The fraction of sp³-hybridized carbons (Fsp3) is 0.727. The first kappa shape index (κ1) is 13.9. The van der Waals surface area contributed by atoms with Crippen molar-refractivity contribution in [3.05, 3.63) is 16.1 Å². The van der Waals surface area contributed by atoms with Crippen LogP contribution in [0, 0.1) is 0 Å². The lowest BCUT2D eigenvalue weighted by molar-refractivity contribution is 0.205. The third kappa shape index (κ3) is 3.70. The minimum atomic E-state index is 0. The summed E-state index contributed by atoms with van der Waals surface area (Å²) in [6, 6.07) is 0.420. The number of likely N-dealkylation sites (tertiary alicyclic amines) is 1. The number of thiazole rings is 1. The van der Waals surface area contributed by atoms with Crippen molar-refractivity contribution in [2.45, 2.75) is 38.8 Å². The Morgan fingerprint density at radius 1 is 1.50 bits per heavy atom. The lowest BCUT2D eigenvalue weighted by Crippen LogP contribution is -2.39. The van der Waals surface area contributed by atoms with Crippen LogP contribution < -0.4 is 5.73 Å². The van der Waals surface area contributed by atoms with Gasteiger partial charge < -0.3 is 5.73 Å². The van der Waals surface area contributed by atoms with Crippen molar-refractivity contribution in [1.29, 1.82) is 0 Å². The molecular weight excluding hydrogens is 242 g/mol. The summed E-state index contributed by atoms with van der Waals surface area (Å²) in [5.74, 6) is 0. The van der Waals surface area contributed by atoms with Gasteiger partial charge in [0.15, 0.2) is 0 Å². The van der Waals surface area contributed by atoms with Crippen molar-refractivity contribution in [3.8, 4) is 0 Å². The number of hydrogen-bond acceptors (Lipinski definition) is 4. The van der Waals surface area contributed by atoms with E-state index in [9.17, 15) is 0 Å². The van der Waals surface area contributed by atoms with E-state index in [1.54, 1.807) is 0 Å². The second kappa shape index (κ2) is 6.55. The smallest absolute Gasteiger partial charge is 0.107 e. The largest absolute Gasteiger partial charge is 0.328 e. The van der Waals surface area contributed by atoms with E-state index >= 15 is 0 Å². The van der Waals surface area contributed by atoms with E-state index in [1.165, 1.54) is 9.88 Å². The van der Waals surface area contributed by atoms with Gasteiger partial charge in [-0.15, -0.1) is 23.7 Å². The number of aromatic nitrogens is 1. The molecule has 0 unspecified atom stereocenters. The molecule has 1 aromatic heterocycles. The molecule has 2 N–H and O–H groups in total. The fourth-order valence-electron chi connectivity index (χ4n) is 1.89. The monoisotopic (exact) mass is 261 g/mol. The number of hydrogen-bond donors (Lipinski definition) is 1. The van der Waals surface area contributed by atoms with Gasteiger partial charge in [-0.25, -0.2) is 4.98 Å². The van der Waals surface area contributed by atoms with Crippen LogP contribution in [0.15, 0.2) is 6.20 Å². The van der Waals surface area contributed by atoms with E-state index in [0.29, 0.717) is 6.04 Å². The van der Waals surface area contributed by atoms with Gasteiger partial charge in [-0.05, 0) is 19.3 Å². The highest BCUT2D eigenvalue weighted by atomic mass is 35.5. The van der Waals surface area contributed by atoms with Crippen LogP contribution in [-0.4, -0.2) is 29.0 Å². The van der Waals surface area contributed by atoms with Gasteiger partial charge in [-0.1, -0.05) is 6.92 Å². The minimum absolute atomic E-state index is 0. The number of piperidine rings is 1. The summed E-state index contributed by atoms with van der Waals surface area (Å²) in [6.45, 7) is 5.44. The quantitative estimate of drug-likeness (QED) is 0.906. The average molecular weight is 262 g/mol. The number of nitrogens with two attached hydrogens (primary N) is 1. The van der Waals surface area contributed by atoms with E-state index in [4.69, 9.17) is 5.73 Å². The Morgan fingerprint density at radius 2 is 2.19 bits per heavy atom. The molecule has 0 saturated carbocycles. The van der Waals surface area contributed by atoms with Gasteiger partial charge in [0.2, 0.25) is 0 Å². The summed E-state index contributed by atoms with van der Waals surface area (Å²) < 4.78 is 0. The molecule has 0 aliphatic carbocycles. The zero-order chi connectivity index (χ0) is 10.7. The molecule has 0 amide bonds. The van der Waals surface area contributed by atoms with Crippen LogP contribution >= 0.6 is 23.7 Å².